The van der Waals surface area contributed by atoms with Gasteiger partial charge in [-0.1, -0.05) is 36.4 Å². The summed E-state index contributed by atoms with van der Waals surface area (Å²) >= 11 is 0. The van der Waals surface area contributed by atoms with Crippen LogP contribution in [-0.2, 0) is 38.0 Å². The molecule has 0 N–H and O–H groups in total. The lowest BCUT2D eigenvalue weighted by molar-refractivity contribution is -0.293. The van der Waals surface area contributed by atoms with Gasteiger partial charge in [0.2, 0.25) is 0 Å². The maximum absolute atomic E-state index is 13.1. The average Bonchev–Trinajstić information content (AvgIpc) is 3.16. The van der Waals surface area contributed by atoms with E-state index in [1.165, 1.54) is 0 Å². The first-order valence-corrected chi connectivity index (χ1v) is 12.6. The monoisotopic (exact) mass is 530 g/mol. The molecule has 0 spiro atoms. The molecule has 38 heavy (non-hydrogen) atoms. The Bertz CT molecular complexity index is 968. The lowest BCUT2D eigenvalue weighted by atomic mass is 9.93. The van der Waals surface area contributed by atoms with E-state index in [9.17, 15) is 14.4 Å². The van der Waals surface area contributed by atoms with Crippen LogP contribution in [0.15, 0.2) is 60.7 Å². The van der Waals surface area contributed by atoms with Crippen LogP contribution in [0.2, 0.25) is 0 Å². The number of hydrogen-bond acceptors (Lipinski definition) is 10. The second-order valence-electron chi connectivity index (χ2n) is 8.37. The molecule has 3 rings (SSSR count). The standard InChI is InChI=1S/C28H34O10/c29-14-8-7-13-28(25(21-33-18-20-36-28)27(31)38-24-11-5-2-6-12-24)37-22-34-16-15-32-17-19-35-26(30)23-9-3-1-4-10-23/h1-6,9-12,14,25H,7-8,13,15-22H2. The van der Waals surface area contributed by atoms with Crippen LogP contribution in [0.3, 0.4) is 0 Å². The first-order valence-electron chi connectivity index (χ1n) is 12.6. The molecule has 2 aromatic carbocycles. The van der Waals surface area contributed by atoms with Crippen molar-refractivity contribution in [2.24, 2.45) is 5.92 Å². The fourth-order valence-corrected chi connectivity index (χ4v) is 3.79. The van der Waals surface area contributed by atoms with Crippen molar-refractivity contribution in [2.75, 3.05) is 53.0 Å². The lowest BCUT2D eigenvalue weighted by Gasteiger charge is -2.37. The molecule has 2 unspecified atom stereocenters. The summed E-state index contributed by atoms with van der Waals surface area (Å²) in [5.74, 6) is -2.84. The summed E-state index contributed by atoms with van der Waals surface area (Å²) in [4.78, 5) is 35.9. The van der Waals surface area contributed by atoms with Gasteiger partial charge in [0.05, 0.1) is 45.2 Å². The van der Waals surface area contributed by atoms with E-state index >= 15 is 0 Å². The molecular formula is C28H34O10. The third-order valence-electron chi connectivity index (χ3n) is 5.71. The molecule has 1 aliphatic rings. The molecule has 0 saturated carbocycles. The van der Waals surface area contributed by atoms with Crippen molar-refractivity contribution in [2.45, 2.75) is 25.0 Å². The minimum atomic E-state index is -1.38. The van der Waals surface area contributed by atoms with Crippen molar-refractivity contribution in [3.63, 3.8) is 0 Å². The van der Waals surface area contributed by atoms with Gasteiger partial charge in [0, 0.05) is 12.8 Å². The van der Waals surface area contributed by atoms with Gasteiger partial charge >= 0.3 is 11.9 Å². The van der Waals surface area contributed by atoms with Gasteiger partial charge < -0.3 is 38.0 Å². The van der Waals surface area contributed by atoms with Gasteiger partial charge in [-0.25, -0.2) is 4.79 Å². The van der Waals surface area contributed by atoms with Gasteiger partial charge in [-0.3, -0.25) is 4.79 Å². The van der Waals surface area contributed by atoms with Crippen LogP contribution < -0.4 is 4.74 Å². The zero-order chi connectivity index (χ0) is 26.9. The van der Waals surface area contributed by atoms with Crippen LogP contribution in [-0.4, -0.2) is 77.1 Å². The Morgan fingerprint density at radius 3 is 2.39 bits per heavy atom. The third-order valence-corrected chi connectivity index (χ3v) is 5.71. The molecule has 0 aromatic heterocycles. The summed E-state index contributed by atoms with van der Waals surface area (Å²) in [6.45, 7) is 1.13. The van der Waals surface area contributed by atoms with Crippen LogP contribution >= 0.6 is 0 Å². The number of para-hydroxylation sites is 1. The number of rotatable bonds is 16. The van der Waals surface area contributed by atoms with Gasteiger partial charge in [0.25, 0.3) is 0 Å². The van der Waals surface area contributed by atoms with Crippen LogP contribution in [0.25, 0.3) is 0 Å². The van der Waals surface area contributed by atoms with Gasteiger partial charge in [0.15, 0.2) is 5.79 Å². The van der Waals surface area contributed by atoms with Gasteiger partial charge in [-0.2, -0.15) is 0 Å². The molecule has 1 fully saturated rings. The molecular weight excluding hydrogens is 496 g/mol. The van der Waals surface area contributed by atoms with Crippen molar-refractivity contribution >= 4 is 18.2 Å². The normalized spacial score (nSPS) is 19.3. The summed E-state index contributed by atoms with van der Waals surface area (Å²) in [6, 6.07) is 17.4. The lowest BCUT2D eigenvalue weighted by Crippen LogP contribution is -2.50. The van der Waals surface area contributed by atoms with E-state index in [-0.39, 0.29) is 59.5 Å². The van der Waals surface area contributed by atoms with E-state index in [4.69, 9.17) is 33.2 Å². The predicted molar refractivity (Wildman–Crippen MR) is 134 cm³/mol. The first-order chi connectivity index (χ1) is 18.6. The van der Waals surface area contributed by atoms with Crippen molar-refractivity contribution in [1.29, 1.82) is 0 Å². The number of carbonyl (C=O) groups is 3. The highest BCUT2D eigenvalue weighted by molar-refractivity contribution is 5.89. The van der Waals surface area contributed by atoms with Crippen LogP contribution in [0.1, 0.15) is 29.6 Å². The number of aldehydes is 1. The Morgan fingerprint density at radius 1 is 0.921 bits per heavy atom. The van der Waals surface area contributed by atoms with Gasteiger partial charge in [0.1, 0.15) is 31.4 Å². The van der Waals surface area contributed by atoms with E-state index < -0.39 is 23.6 Å². The van der Waals surface area contributed by atoms with Crippen LogP contribution in [0.5, 0.6) is 5.75 Å². The second-order valence-corrected chi connectivity index (χ2v) is 8.37. The highest BCUT2D eigenvalue weighted by Crippen LogP contribution is 2.33. The topological polar surface area (TPSA) is 116 Å². The largest absolute Gasteiger partial charge is 0.460 e. The summed E-state index contributed by atoms with van der Waals surface area (Å²) in [6.07, 6.45) is 1.82. The number of unbranched alkanes of at least 4 members (excludes halogenated alkanes) is 1. The Kier molecular flexibility index (Phi) is 12.9. The van der Waals surface area contributed by atoms with Gasteiger partial charge in [-0.05, 0) is 30.7 Å². The van der Waals surface area contributed by atoms with E-state index in [2.05, 4.69) is 0 Å². The molecule has 206 valence electrons. The fourth-order valence-electron chi connectivity index (χ4n) is 3.79. The first kappa shape index (κ1) is 29.4. The Balaban J connectivity index is 1.45. The SMILES string of the molecule is O=CCCCC1(OCOCCOCCOC(=O)c2ccccc2)OCCOCC1C(=O)Oc1ccccc1. The number of carbonyl (C=O) groups excluding carboxylic acids is 3. The summed E-state index contributed by atoms with van der Waals surface area (Å²) in [5, 5.41) is 0. The quantitative estimate of drug-likeness (QED) is 0.105. The summed E-state index contributed by atoms with van der Waals surface area (Å²) in [7, 11) is 0. The second kappa shape index (κ2) is 16.6. The maximum atomic E-state index is 13.1. The number of ether oxygens (including phenoxy) is 7. The van der Waals surface area contributed by atoms with Crippen molar-refractivity contribution in [1.82, 2.24) is 0 Å². The molecule has 0 aliphatic carbocycles. The zero-order valence-corrected chi connectivity index (χ0v) is 21.3. The number of hydrogen-bond donors (Lipinski definition) is 0. The highest BCUT2D eigenvalue weighted by Gasteiger charge is 2.48. The molecule has 2 aromatic rings. The van der Waals surface area contributed by atoms with E-state index in [0.29, 0.717) is 24.2 Å². The summed E-state index contributed by atoms with van der Waals surface area (Å²) < 4.78 is 39.3. The fraction of sp³-hybridized carbons (Fsp3) is 0.464. The Labute approximate surface area is 222 Å². The smallest absolute Gasteiger partial charge is 0.338 e. The molecule has 1 aliphatic heterocycles. The van der Waals surface area contributed by atoms with E-state index in [1.807, 2.05) is 12.1 Å². The minimum absolute atomic E-state index is 0.0393. The van der Waals surface area contributed by atoms with Crippen molar-refractivity contribution < 1.29 is 47.5 Å². The molecule has 2 atom stereocenters. The molecule has 1 heterocycles. The molecule has 0 bridgehead atoms. The van der Waals surface area contributed by atoms with Crippen LogP contribution in [0, 0.1) is 5.92 Å². The van der Waals surface area contributed by atoms with Crippen LogP contribution in [0.4, 0.5) is 0 Å². The van der Waals surface area contributed by atoms with Gasteiger partial charge in [-0.15, -0.1) is 0 Å². The molecule has 0 amide bonds. The van der Waals surface area contributed by atoms with Crippen molar-refractivity contribution in [3.8, 4) is 5.75 Å². The number of esters is 2. The summed E-state index contributed by atoms with van der Waals surface area (Å²) in [5.41, 5.74) is 0.479. The average molecular weight is 531 g/mol. The van der Waals surface area contributed by atoms with E-state index in [1.54, 1.807) is 48.5 Å². The van der Waals surface area contributed by atoms with E-state index in [0.717, 1.165) is 6.29 Å². The predicted octanol–water partition coefficient (Wildman–Crippen LogP) is 3.18. The molecule has 1 saturated heterocycles. The zero-order valence-electron chi connectivity index (χ0n) is 21.3. The Hall–Kier alpha value is -3.15. The van der Waals surface area contributed by atoms with Crippen molar-refractivity contribution in [3.05, 3.63) is 66.2 Å². The maximum Gasteiger partial charge on any atom is 0.338 e. The molecule has 0 radical (unpaired) electrons. The molecule has 10 heteroatoms. The Morgan fingerprint density at radius 2 is 1.63 bits per heavy atom. The highest BCUT2D eigenvalue weighted by atomic mass is 16.8. The number of benzene rings is 2. The minimum Gasteiger partial charge on any atom is -0.460 e. The molecule has 10 nitrogen and oxygen atoms in total. The third kappa shape index (κ3) is 9.62.